The number of ether oxygens (including phenoxy) is 4. The van der Waals surface area contributed by atoms with Gasteiger partial charge >= 0.3 is 0 Å². The molecule has 5 heteroatoms. The van der Waals surface area contributed by atoms with Gasteiger partial charge < -0.3 is 18.9 Å². The van der Waals surface area contributed by atoms with E-state index in [0.29, 0.717) is 35.9 Å². The molecule has 0 aromatic heterocycles. The van der Waals surface area contributed by atoms with Crippen LogP contribution in [-0.2, 0) is 0 Å². The molecule has 0 bridgehead atoms. The lowest BCUT2D eigenvalue weighted by molar-refractivity contribution is 0.269. The molecule has 0 heterocycles. The van der Waals surface area contributed by atoms with Gasteiger partial charge in [-0.3, -0.25) is 0 Å². The van der Waals surface area contributed by atoms with Gasteiger partial charge in [0, 0.05) is 0 Å². The van der Waals surface area contributed by atoms with Crippen LogP contribution in [0.1, 0.15) is 53.4 Å². The van der Waals surface area contributed by atoms with Gasteiger partial charge in [-0.1, -0.05) is 52.0 Å². The fourth-order valence-corrected chi connectivity index (χ4v) is 4.00. The summed E-state index contributed by atoms with van der Waals surface area (Å²) in [6.45, 7) is 11.1. The van der Waals surface area contributed by atoms with Crippen LogP contribution in [0.2, 0.25) is 0 Å². The normalized spacial score (nSPS) is 10.6. The largest absolute Gasteiger partial charge is 0.490 e. The van der Waals surface area contributed by atoms with Gasteiger partial charge in [0.25, 0.3) is 0 Å². The molecule has 0 N–H and O–H groups in total. The summed E-state index contributed by atoms with van der Waals surface area (Å²) in [5.74, 6) is 3.34. The zero-order valence-electron chi connectivity index (χ0n) is 18.3. The lowest BCUT2D eigenvalue weighted by Crippen LogP contribution is -2.31. The molecule has 0 fully saturated rings. The molecule has 2 radical (unpaired) electrons. The Labute approximate surface area is 178 Å². The highest BCUT2D eigenvalue weighted by atomic mass is 28.2. The molecule has 4 nitrogen and oxygen atoms in total. The Morgan fingerprint density at radius 3 is 1.31 bits per heavy atom. The van der Waals surface area contributed by atoms with Crippen LogP contribution in [-0.4, -0.2) is 35.9 Å². The maximum atomic E-state index is 6.11. The van der Waals surface area contributed by atoms with Crippen molar-refractivity contribution in [3.05, 3.63) is 36.4 Å². The summed E-state index contributed by atoms with van der Waals surface area (Å²) in [6, 6.07) is 12.3. The first kappa shape index (κ1) is 23.1. The highest BCUT2D eigenvalue weighted by molar-refractivity contribution is 6.69. The average molecular weight is 415 g/mol. The van der Waals surface area contributed by atoms with Crippen LogP contribution in [0, 0.1) is 0 Å². The van der Waals surface area contributed by atoms with E-state index in [1.165, 1.54) is 0 Å². The third kappa shape index (κ3) is 7.00. The van der Waals surface area contributed by atoms with Crippen molar-refractivity contribution in [1.82, 2.24) is 0 Å². The van der Waals surface area contributed by atoms with E-state index in [0.717, 1.165) is 59.1 Å². The fraction of sp³-hybridized carbons (Fsp3) is 0.500. The Balaban J connectivity index is 2.38. The molecule has 0 saturated heterocycles. The summed E-state index contributed by atoms with van der Waals surface area (Å²) in [6.07, 6.45) is 3.84. The van der Waals surface area contributed by atoms with E-state index in [-0.39, 0.29) is 0 Å². The second kappa shape index (κ2) is 13.1. The van der Waals surface area contributed by atoms with Gasteiger partial charge in [0.1, 0.15) is 9.52 Å². The standard InChI is InChI=1S/C24H34O4Si/c1-5-15-25-19-11-9-13-21(23(19)27-17-7-3)29-22-14-10-12-20(26-16-6-2)24(22)28-18-8-4/h9-14H,5-8,15-18H2,1-4H3. The van der Waals surface area contributed by atoms with E-state index >= 15 is 0 Å². The Hall–Kier alpha value is -2.14. The van der Waals surface area contributed by atoms with Crippen molar-refractivity contribution >= 4 is 19.9 Å². The summed E-state index contributed by atoms with van der Waals surface area (Å²) in [4.78, 5) is 0. The average Bonchev–Trinajstić information content (AvgIpc) is 2.74. The third-order valence-electron chi connectivity index (χ3n) is 4.05. The molecule has 0 aliphatic rings. The van der Waals surface area contributed by atoms with Crippen LogP contribution in [0.4, 0.5) is 0 Å². The van der Waals surface area contributed by atoms with Gasteiger partial charge in [-0.05, 0) is 48.2 Å². The fourth-order valence-electron chi connectivity index (χ4n) is 2.73. The molecular formula is C24H34O4Si. The Bertz CT molecular complexity index is 671. The highest BCUT2D eigenvalue weighted by Crippen LogP contribution is 2.27. The van der Waals surface area contributed by atoms with E-state index in [4.69, 9.17) is 18.9 Å². The Morgan fingerprint density at radius 2 is 0.931 bits per heavy atom. The summed E-state index contributed by atoms with van der Waals surface area (Å²) in [5, 5.41) is 2.25. The SMILES string of the molecule is CCCOc1cccc([Si]c2cccc(OCCC)c2OCCC)c1OCCC. The highest BCUT2D eigenvalue weighted by Gasteiger charge is 2.17. The van der Waals surface area contributed by atoms with Crippen molar-refractivity contribution in [2.75, 3.05) is 26.4 Å². The number of hydrogen-bond donors (Lipinski definition) is 0. The molecule has 2 rings (SSSR count). The van der Waals surface area contributed by atoms with Gasteiger partial charge in [-0.2, -0.15) is 0 Å². The van der Waals surface area contributed by atoms with Crippen molar-refractivity contribution in [1.29, 1.82) is 0 Å². The van der Waals surface area contributed by atoms with Crippen molar-refractivity contribution in [3.63, 3.8) is 0 Å². The van der Waals surface area contributed by atoms with Gasteiger partial charge in [0.05, 0.1) is 26.4 Å². The van der Waals surface area contributed by atoms with E-state index in [2.05, 4.69) is 39.8 Å². The van der Waals surface area contributed by atoms with E-state index in [1.54, 1.807) is 0 Å². The molecule has 29 heavy (non-hydrogen) atoms. The van der Waals surface area contributed by atoms with Crippen LogP contribution >= 0.6 is 0 Å². The molecule has 158 valence electrons. The molecule has 0 spiro atoms. The summed E-state index contributed by atoms with van der Waals surface area (Å²) in [7, 11) is 0.390. The molecule has 0 amide bonds. The van der Waals surface area contributed by atoms with E-state index < -0.39 is 0 Å². The number of para-hydroxylation sites is 2. The minimum absolute atomic E-state index is 0.390. The molecule has 2 aromatic carbocycles. The quantitative estimate of drug-likeness (QED) is 0.427. The summed E-state index contributed by atoms with van der Waals surface area (Å²) >= 11 is 0. The molecule has 0 aliphatic heterocycles. The number of benzene rings is 2. The predicted molar refractivity (Wildman–Crippen MR) is 121 cm³/mol. The Kier molecular flexibility index (Phi) is 10.5. The minimum Gasteiger partial charge on any atom is -0.490 e. The van der Waals surface area contributed by atoms with Gasteiger partial charge in [0.2, 0.25) is 0 Å². The van der Waals surface area contributed by atoms with Crippen molar-refractivity contribution < 1.29 is 18.9 Å². The molecule has 0 atom stereocenters. The molecule has 0 unspecified atom stereocenters. The topological polar surface area (TPSA) is 36.9 Å². The molecule has 0 saturated carbocycles. The maximum absolute atomic E-state index is 6.11. The first-order valence-electron chi connectivity index (χ1n) is 10.8. The van der Waals surface area contributed by atoms with Crippen LogP contribution in [0.25, 0.3) is 0 Å². The molecular weight excluding hydrogens is 380 g/mol. The molecule has 0 aliphatic carbocycles. The van der Waals surface area contributed by atoms with Crippen LogP contribution in [0.15, 0.2) is 36.4 Å². The minimum atomic E-state index is 0.390. The zero-order valence-corrected chi connectivity index (χ0v) is 19.3. The first-order valence-corrected chi connectivity index (χ1v) is 11.8. The van der Waals surface area contributed by atoms with Crippen molar-refractivity contribution in [3.8, 4) is 23.0 Å². The van der Waals surface area contributed by atoms with Crippen molar-refractivity contribution in [2.45, 2.75) is 53.4 Å². The molecule has 2 aromatic rings. The number of rotatable bonds is 14. The van der Waals surface area contributed by atoms with E-state index in [1.807, 2.05) is 24.3 Å². The second-order valence-corrected chi connectivity index (χ2v) is 8.11. The van der Waals surface area contributed by atoms with Gasteiger partial charge in [0.15, 0.2) is 23.0 Å². The van der Waals surface area contributed by atoms with Crippen LogP contribution < -0.4 is 29.3 Å². The zero-order chi connectivity index (χ0) is 20.9. The summed E-state index contributed by atoms with van der Waals surface area (Å²) < 4.78 is 24.1. The van der Waals surface area contributed by atoms with Gasteiger partial charge in [-0.15, -0.1) is 0 Å². The van der Waals surface area contributed by atoms with E-state index in [9.17, 15) is 0 Å². The lowest BCUT2D eigenvalue weighted by Gasteiger charge is -2.18. The lowest BCUT2D eigenvalue weighted by atomic mass is 10.3. The second-order valence-electron chi connectivity index (χ2n) is 6.78. The third-order valence-corrected chi connectivity index (χ3v) is 5.38. The van der Waals surface area contributed by atoms with Crippen molar-refractivity contribution in [2.24, 2.45) is 0 Å². The monoisotopic (exact) mass is 414 g/mol. The first-order chi connectivity index (χ1) is 14.2. The van der Waals surface area contributed by atoms with Crippen LogP contribution in [0.3, 0.4) is 0 Å². The van der Waals surface area contributed by atoms with Crippen LogP contribution in [0.5, 0.6) is 23.0 Å². The predicted octanol–water partition coefficient (Wildman–Crippen LogP) is 4.50. The number of hydrogen-bond acceptors (Lipinski definition) is 4. The summed E-state index contributed by atoms with van der Waals surface area (Å²) in [5.41, 5.74) is 0. The maximum Gasteiger partial charge on any atom is 0.161 e. The van der Waals surface area contributed by atoms with Gasteiger partial charge in [-0.25, -0.2) is 0 Å². The Morgan fingerprint density at radius 1 is 0.552 bits per heavy atom. The smallest absolute Gasteiger partial charge is 0.161 e.